The summed E-state index contributed by atoms with van der Waals surface area (Å²) in [4.78, 5) is 34.1. The maximum absolute atomic E-state index is 11.6. The summed E-state index contributed by atoms with van der Waals surface area (Å²) >= 11 is 0. The van der Waals surface area contributed by atoms with E-state index >= 15 is 0 Å². The van der Waals surface area contributed by atoms with Crippen molar-refractivity contribution in [1.29, 1.82) is 0 Å². The Balaban J connectivity index is 2.41. The number of benzene rings is 1. The van der Waals surface area contributed by atoms with Gasteiger partial charge >= 0.3 is 12.2 Å². The summed E-state index contributed by atoms with van der Waals surface area (Å²) in [5.74, 6) is -1.55. The SMILES string of the molecule is CC(C)(C)OC(=O)N[C@H](CNC(=O)OCc1ccccc1)C(=O)[O-]. The number of rotatable bonds is 6. The Morgan fingerprint density at radius 2 is 1.75 bits per heavy atom. The number of aliphatic carboxylic acids is 1. The zero-order valence-corrected chi connectivity index (χ0v) is 13.8. The Kier molecular flexibility index (Phi) is 7.03. The number of carbonyl (C=O) groups excluding carboxylic acids is 3. The lowest BCUT2D eigenvalue weighted by molar-refractivity contribution is -0.308. The van der Waals surface area contributed by atoms with E-state index in [1.54, 1.807) is 45.0 Å². The molecule has 0 unspecified atom stereocenters. The minimum Gasteiger partial charge on any atom is -0.548 e. The van der Waals surface area contributed by atoms with Crippen molar-refractivity contribution in [3.63, 3.8) is 0 Å². The second-order valence-electron chi connectivity index (χ2n) is 5.96. The van der Waals surface area contributed by atoms with Crippen molar-refractivity contribution in [2.75, 3.05) is 6.54 Å². The minimum absolute atomic E-state index is 0.0438. The molecule has 1 atom stereocenters. The monoisotopic (exact) mass is 337 g/mol. The van der Waals surface area contributed by atoms with Crippen LogP contribution in [0.1, 0.15) is 26.3 Å². The van der Waals surface area contributed by atoms with Crippen molar-refractivity contribution in [3.8, 4) is 0 Å². The van der Waals surface area contributed by atoms with Crippen molar-refractivity contribution in [2.24, 2.45) is 0 Å². The fraction of sp³-hybridized carbons (Fsp3) is 0.438. The standard InChI is InChI=1S/C16H22N2O6/c1-16(2,3)24-15(22)18-12(13(19)20)9-17-14(21)23-10-11-7-5-4-6-8-11/h4-8,12H,9-10H2,1-3H3,(H,17,21)(H,18,22)(H,19,20)/p-1/t12-/m1/s1. The topological polar surface area (TPSA) is 117 Å². The fourth-order valence-corrected chi connectivity index (χ4v) is 1.60. The van der Waals surface area contributed by atoms with Gasteiger partial charge in [-0.15, -0.1) is 0 Å². The van der Waals surface area contributed by atoms with E-state index in [0.29, 0.717) is 0 Å². The molecule has 0 aromatic heterocycles. The summed E-state index contributed by atoms with van der Waals surface area (Å²) in [7, 11) is 0. The van der Waals surface area contributed by atoms with Crippen LogP contribution < -0.4 is 15.7 Å². The van der Waals surface area contributed by atoms with Gasteiger partial charge in [-0.3, -0.25) is 0 Å². The lowest BCUT2D eigenvalue weighted by Gasteiger charge is -2.24. The van der Waals surface area contributed by atoms with Crippen molar-refractivity contribution >= 4 is 18.2 Å². The molecular weight excluding hydrogens is 316 g/mol. The Hall–Kier alpha value is -2.77. The summed E-state index contributed by atoms with van der Waals surface area (Å²) in [5, 5.41) is 15.4. The zero-order valence-electron chi connectivity index (χ0n) is 13.8. The van der Waals surface area contributed by atoms with E-state index in [1.165, 1.54) is 0 Å². The molecule has 0 saturated carbocycles. The van der Waals surface area contributed by atoms with Crippen LogP contribution in [0.4, 0.5) is 9.59 Å². The van der Waals surface area contributed by atoms with Crippen molar-refractivity contribution < 1.29 is 29.0 Å². The van der Waals surface area contributed by atoms with Crippen LogP contribution in [0.2, 0.25) is 0 Å². The summed E-state index contributed by atoms with van der Waals surface area (Å²) in [6.45, 7) is 4.57. The number of ether oxygens (including phenoxy) is 2. The molecule has 0 fully saturated rings. The molecule has 0 aliphatic carbocycles. The number of hydrogen-bond acceptors (Lipinski definition) is 6. The molecule has 0 radical (unpaired) electrons. The molecule has 0 aliphatic heterocycles. The van der Waals surface area contributed by atoms with E-state index in [-0.39, 0.29) is 6.61 Å². The van der Waals surface area contributed by atoms with Gasteiger partial charge < -0.3 is 30.0 Å². The first-order chi connectivity index (χ1) is 11.2. The quantitative estimate of drug-likeness (QED) is 0.783. The smallest absolute Gasteiger partial charge is 0.408 e. The van der Waals surface area contributed by atoms with Crippen LogP contribution in [0.25, 0.3) is 0 Å². The molecule has 2 N–H and O–H groups in total. The Bertz CT molecular complexity index is 568. The molecule has 2 amide bonds. The van der Waals surface area contributed by atoms with Gasteiger partial charge in [0.15, 0.2) is 0 Å². The van der Waals surface area contributed by atoms with Crippen LogP contribution in [0.3, 0.4) is 0 Å². The number of carboxylic acid groups (broad SMARTS) is 1. The maximum atomic E-state index is 11.6. The lowest BCUT2D eigenvalue weighted by atomic mass is 10.2. The van der Waals surface area contributed by atoms with Gasteiger partial charge in [0.05, 0.1) is 12.0 Å². The Labute approximate surface area is 140 Å². The molecule has 0 bridgehead atoms. The summed E-state index contributed by atoms with van der Waals surface area (Å²) < 4.78 is 9.88. The highest BCUT2D eigenvalue weighted by molar-refractivity contribution is 5.79. The predicted molar refractivity (Wildman–Crippen MR) is 82.8 cm³/mol. The summed E-state index contributed by atoms with van der Waals surface area (Å²) in [5.41, 5.74) is 0.0128. The average Bonchev–Trinajstić information content (AvgIpc) is 2.48. The van der Waals surface area contributed by atoms with Crippen LogP contribution in [0, 0.1) is 0 Å². The van der Waals surface area contributed by atoms with Gasteiger partial charge in [-0.1, -0.05) is 30.3 Å². The van der Waals surface area contributed by atoms with Crippen molar-refractivity contribution in [3.05, 3.63) is 35.9 Å². The lowest BCUT2D eigenvalue weighted by Crippen LogP contribution is -2.54. The number of alkyl carbamates (subject to hydrolysis) is 2. The van der Waals surface area contributed by atoms with Gasteiger partial charge in [0, 0.05) is 6.54 Å². The number of carboxylic acids is 1. The third kappa shape index (κ3) is 8.02. The highest BCUT2D eigenvalue weighted by Crippen LogP contribution is 2.06. The largest absolute Gasteiger partial charge is 0.548 e. The molecule has 24 heavy (non-hydrogen) atoms. The third-order valence-electron chi connectivity index (χ3n) is 2.64. The van der Waals surface area contributed by atoms with Gasteiger partial charge in [0.1, 0.15) is 12.2 Å². The number of nitrogens with one attached hydrogen (secondary N) is 2. The molecule has 1 aromatic rings. The van der Waals surface area contributed by atoms with Crippen molar-refractivity contribution in [1.82, 2.24) is 10.6 Å². The van der Waals surface area contributed by atoms with Crippen LogP contribution in [0.5, 0.6) is 0 Å². The normalized spacial score (nSPS) is 12.0. The fourth-order valence-electron chi connectivity index (χ4n) is 1.60. The van der Waals surface area contributed by atoms with E-state index in [9.17, 15) is 19.5 Å². The van der Waals surface area contributed by atoms with E-state index in [0.717, 1.165) is 5.56 Å². The summed E-state index contributed by atoms with van der Waals surface area (Å²) in [6, 6.07) is 7.55. The molecule has 0 heterocycles. The Morgan fingerprint density at radius 1 is 1.12 bits per heavy atom. The van der Waals surface area contributed by atoms with Gasteiger partial charge in [-0.05, 0) is 26.3 Å². The number of amides is 2. The average molecular weight is 337 g/mol. The zero-order chi connectivity index (χ0) is 18.2. The van der Waals surface area contributed by atoms with Crippen LogP contribution in [0.15, 0.2) is 30.3 Å². The van der Waals surface area contributed by atoms with E-state index in [1.807, 2.05) is 6.07 Å². The first-order valence-electron chi connectivity index (χ1n) is 7.32. The van der Waals surface area contributed by atoms with E-state index in [4.69, 9.17) is 9.47 Å². The Morgan fingerprint density at radius 3 is 2.29 bits per heavy atom. The molecule has 1 rings (SSSR count). The molecule has 0 saturated heterocycles. The van der Waals surface area contributed by atoms with Gasteiger partial charge in [0.25, 0.3) is 0 Å². The van der Waals surface area contributed by atoms with E-state index in [2.05, 4.69) is 10.6 Å². The minimum atomic E-state index is -1.55. The molecule has 8 nitrogen and oxygen atoms in total. The molecule has 1 aromatic carbocycles. The molecule has 0 spiro atoms. The van der Waals surface area contributed by atoms with Crippen molar-refractivity contribution in [2.45, 2.75) is 39.0 Å². The maximum Gasteiger partial charge on any atom is 0.408 e. The second kappa shape index (κ2) is 8.76. The van der Waals surface area contributed by atoms with Gasteiger partial charge in [0.2, 0.25) is 0 Å². The number of hydrogen-bond donors (Lipinski definition) is 2. The first-order valence-corrected chi connectivity index (χ1v) is 7.32. The highest BCUT2D eigenvalue weighted by atomic mass is 16.6. The molecular formula is C16H21N2O6-. The van der Waals surface area contributed by atoms with Crippen LogP contribution in [-0.4, -0.2) is 36.3 Å². The first kappa shape index (κ1) is 19.3. The highest BCUT2D eigenvalue weighted by Gasteiger charge is 2.20. The van der Waals surface area contributed by atoms with Crippen LogP contribution in [-0.2, 0) is 20.9 Å². The van der Waals surface area contributed by atoms with Gasteiger partial charge in [-0.2, -0.15) is 0 Å². The van der Waals surface area contributed by atoms with Crippen LogP contribution >= 0.6 is 0 Å². The molecule has 132 valence electrons. The third-order valence-corrected chi connectivity index (χ3v) is 2.64. The second-order valence-corrected chi connectivity index (χ2v) is 5.96. The number of carbonyl (C=O) groups is 3. The van der Waals surface area contributed by atoms with E-state index < -0.39 is 36.3 Å². The van der Waals surface area contributed by atoms with Gasteiger partial charge in [-0.25, -0.2) is 9.59 Å². The summed E-state index contributed by atoms with van der Waals surface area (Å²) in [6.07, 6.45) is -1.73. The predicted octanol–water partition coefficient (Wildman–Crippen LogP) is 0.556. The molecule has 0 aliphatic rings. The molecule has 8 heteroatoms.